The Kier molecular flexibility index (Phi) is 2.50. The van der Waals surface area contributed by atoms with Gasteiger partial charge in [-0.05, 0) is 29.8 Å². The Morgan fingerprint density at radius 3 is 2.94 bits per heavy atom. The van der Waals surface area contributed by atoms with Crippen molar-refractivity contribution >= 4 is 11.1 Å². The predicted octanol–water partition coefficient (Wildman–Crippen LogP) is 2.96. The molecule has 0 amide bonds. The van der Waals surface area contributed by atoms with Gasteiger partial charge in [0.05, 0.1) is 12.5 Å². The Bertz CT molecular complexity index is 726. The standard InChI is InChI=1S/C14H9N3O/c15-7-6-10-4-5-11-13(9-10)18-14(17-11)12-3-1-2-8-16-12/h1-5,8-9H,6H2. The zero-order valence-corrected chi connectivity index (χ0v) is 9.50. The number of aromatic nitrogens is 2. The third-order valence-corrected chi connectivity index (χ3v) is 2.62. The smallest absolute Gasteiger partial charge is 0.246 e. The van der Waals surface area contributed by atoms with Gasteiger partial charge < -0.3 is 4.42 Å². The molecule has 3 rings (SSSR count). The van der Waals surface area contributed by atoms with E-state index in [1.165, 1.54) is 0 Å². The van der Waals surface area contributed by atoms with Crippen LogP contribution in [0.15, 0.2) is 47.0 Å². The lowest BCUT2D eigenvalue weighted by Crippen LogP contribution is -1.80. The van der Waals surface area contributed by atoms with Crippen LogP contribution in [0.25, 0.3) is 22.7 Å². The van der Waals surface area contributed by atoms with Crippen molar-refractivity contribution in [3.05, 3.63) is 48.2 Å². The number of benzene rings is 1. The van der Waals surface area contributed by atoms with E-state index in [0.29, 0.717) is 23.6 Å². The second-order valence-electron chi connectivity index (χ2n) is 3.87. The fourth-order valence-electron chi connectivity index (χ4n) is 1.77. The molecule has 0 N–H and O–H groups in total. The average Bonchev–Trinajstić information content (AvgIpc) is 2.83. The highest BCUT2D eigenvalue weighted by Gasteiger charge is 2.09. The van der Waals surface area contributed by atoms with E-state index in [-0.39, 0.29) is 0 Å². The van der Waals surface area contributed by atoms with Gasteiger partial charge in [-0.1, -0.05) is 12.1 Å². The number of nitrogens with zero attached hydrogens (tertiary/aromatic N) is 3. The summed E-state index contributed by atoms with van der Waals surface area (Å²) < 4.78 is 5.66. The fraction of sp³-hybridized carbons (Fsp3) is 0.0714. The van der Waals surface area contributed by atoms with Gasteiger partial charge in [0.15, 0.2) is 5.58 Å². The van der Waals surface area contributed by atoms with Gasteiger partial charge in [0.1, 0.15) is 11.2 Å². The van der Waals surface area contributed by atoms with E-state index in [2.05, 4.69) is 16.0 Å². The van der Waals surface area contributed by atoms with E-state index in [1.807, 2.05) is 36.4 Å². The summed E-state index contributed by atoms with van der Waals surface area (Å²) in [5.41, 5.74) is 3.09. The Morgan fingerprint density at radius 1 is 1.22 bits per heavy atom. The monoisotopic (exact) mass is 235 g/mol. The Balaban J connectivity index is 2.09. The van der Waals surface area contributed by atoms with Gasteiger partial charge in [-0.2, -0.15) is 5.26 Å². The number of fused-ring (bicyclic) bond motifs is 1. The average molecular weight is 235 g/mol. The van der Waals surface area contributed by atoms with E-state index < -0.39 is 0 Å². The van der Waals surface area contributed by atoms with E-state index in [9.17, 15) is 0 Å². The van der Waals surface area contributed by atoms with Crippen molar-refractivity contribution in [2.24, 2.45) is 0 Å². The molecule has 0 aliphatic carbocycles. The summed E-state index contributed by atoms with van der Waals surface area (Å²) in [4.78, 5) is 8.57. The fourth-order valence-corrected chi connectivity index (χ4v) is 1.77. The first-order chi connectivity index (χ1) is 8.86. The van der Waals surface area contributed by atoms with E-state index >= 15 is 0 Å². The quantitative estimate of drug-likeness (QED) is 0.685. The number of pyridine rings is 1. The van der Waals surface area contributed by atoms with Crippen LogP contribution in [0, 0.1) is 11.3 Å². The molecule has 0 radical (unpaired) electrons. The van der Waals surface area contributed by atoms with Gasteiger partial charge in [-0.15, -0.1) is 0 Å². The topological polar surface area (TPSA) is 62.7 Å². The molecule has 0 aliphatic heterocycles. The maximum atomic E-state index is 8.67. The molecule has 2 aromatic heterocycles. The molecule has 3 aromatic rings. The lowest BCUT2D eigenvalue weighted by molar-refractivity contribution is 0.616. The van der Waals surface area contributed by atoms with E-state index in [0.717, 1.165) is 11.1 Å². The van der Waals surface area contributed by atoms with Crippen molar-refractivity contribution in [3.8, 4) is 17.7 Å². The first-order valence-corrected chi connectivity index (χ1v) is 5.54. The molecule has 0 bridgehead atoms. The summed E-state index contributed by atoms with van der Waals surface area (Å²) in [5.74, 6) is 0.500. The number of rotatable bonds is 2. The SMILES string of the molecule is N#CCc1ccc2nc(-c3ccccn3)oc2c1. The molecular formula is C14H9N3O. The molecule has 0 spiro atoms. The molecule has 0 fully saturated rings. The highest BCUT2D eigenvalue weighted by atomic mass is 16.3. The van der Waals surface area contributed by atoms with Gasteiger partial charge >= 0.3 is 0 Å². The van der Waals surface area contributed by atoms with Crippen LogP contribution in [-0.2, 0) is 6.42 Å². The second kappa shape index (κ2) is 4.30. The van der Waals surface area contributed by atoms with Crippen molar-refractivity contribution in [2.45, 2.75) is 6.42 Å². The Labute approximate surface area is 104 Å². The molecule has 0 saturated carbocycles. The van der Waals surface area contributed by atoms with Crippen molar-refractivity contribution in [2.75, 3.05) is 0 Å². The van der Waals surface area contributed by atoms with Crippen LogP contribution in [0.2, 0.25) is 0 Å². The minimum absolute atomic E-state index is 0.371. The van der Waals surface area contributed by atoms with Gasteiger partial charge in [-0.25, -0.2) is 4.98 Å². The van der Waals surface area contributed by atoms with Crippen LogP contribution in [0.5, 0.6) is 0 Å². The zero-order valence-electron chi connectivity index (χ0n) is 9.50. The number of oxazole rings is 1. The first-order valence-electron chi connectivity index (χ1n) is 5.54. The molecule has 86 valence electrons. The molecule has 0 saturated heterocycles. The van der Waals surface area contributed by atoms with Crippen molar-refractivity contribution in [3.63, 3.8) is 0 Å². The van der Waals surface area contributed by atoms with Crippen LogP contribution >= 0.6 is 0 Å². The summed E-state index contributed by atoms with van der Waals surface area (Å²) in [6.45, 7) is 0. The Morgan fingerprint density at radius 2 is 2.17 bits per heavy atom. The molecule has 18 heavy (non-hydrogen) atoms. The van der Waals surface area contributed by atoms with Gasteiger partial charge in [0, 0.05) is 6.20 Å². The second-order valence-corrected chi connectivity index (χ2v) is 3.87. The van der Waals surface area contributed by atoms with Crippen molar-refractivity contribution in [1.82, 2.24) is 9.97 Å². The lowest BCUT2D eigenvalue weighted by Gasteiger charge is -1.92. The molecule has 4 nitrogen and oxygen atoms in total. The lowest BCUT2D eigenvalue weighted by atomic mass is 10.1. The van der Waals surface area contributed by atoms with Gasteiger partial charge in [0.2, 0.25) is 5.89 Å². The molecule has 0 atom stereocenters. The maximum absolute atomic E-state index is 8.67. The van der Waals surface area contributed by atoms with Gasteiger partial charge in [0.25, 0.3) is 0 Å². The Hall–Kier alpha value is -2.67. The summed E-state index contributed by atoms with van der Waals surface area (Å²) in [6, 6.07) is 13.3. The molecule has 4 heteroatoms. The minimum atomic E-state index is 0.371. The normalized spacial score (nSPS) is 10.4. The molecule has 0 unspecified atom stereocenters. The third-order valence-electron chi connectivity index (χ3n) is 2.62. The van der Waals surface area contributed by atoms with Crippen LogP contribution < -0.4 is 0 Å². The number of hydrogen-bond donors (Lipinski definition) is 0. The largest absolute Gasteiger partial charge is 0.435 e. The maximum Gasteiger partial charge on any atom is 0.246 e. The highest BCUT2D eigenvalue weighted by molar-refractivity contribution is 5.76. The van der Waals surface area contributed by atoms with Crippen LogP contribution in [0.4, 0.5) is 0 Å². The van der Waals surface area contributed by atoms with Crippen molar-refractivity contribution < 1.29 is 4.42 Å². The molecule has 0 aliphatic rings. The van der Waals surface area contributed by atoms with Crippen LogP contribution in [-0.4, -0.2) is 9.97 Å². The van der Waals surface area contributed by atoms with Gasteiger partial charge in [-0.3, -0.25) is 4.98 Å². The summed E-state index contributed by atoms with van der Waals surface area (Å²) in [6.07, 6.45) is 2.07. The zero-order chi connectivity index (χ0) is 12.4. The van der Waals surface area contributed by atoms with Crippen molar-refractivity contribution in [1.29, 1.82) is 5.26 Å². The molecular weight excluding hydrogens is 226 g/mol. The van der Waals surface area contributed by atoms with E-state index in [4.69, 9.17) is 9.68 Å². The summed E-state index contributed by atoms with van der Waals surface area (Å²) >= 11 is 0. The summed E-state index contributed by atoms with van der Waals surface area (Å²) in [7, 11) is 0. The van der Waals surface area contributed by atoms with Crippen LogP contribution in [0.1, 0.15) is 5.56 Å². The van der Waals surface area contributed by atoms with Crippen LogP contribution in [0.3, 0.4) is 0 Å². The minimum Gasteiger partial charge on any atom is -0.435 e. The predicted molar refractivity (Wildman–Crippen MR) is 66.6 cm³/mol. The third kappa shape index (κ3) is 1.82. The summed E-state index contributed by atoms with van der Waals surface area (Å²) in [5, 5.41) is 8.67. The number of nitriles is 1. The molecule has 2 heterocycles. The number of hydrogen-bond acceptors (Lipinski definition) is 4. The molecule has 1 aromatic carbocycles. The van der Waals surface area contributed by atoms with E-state index in [1.54, 1.807) is 6.20 Å². The highest BCUT2D eigenvalue weighted by Crippen LogP contribution is 2.23. The first kappa shape index (κ1) is 10.5.